The van der Waals surface area contributed by atoms with Crippen LogP contribution in [0.4, 0.5) is 4.79 Å². The van der Waals surface area contributed by atoms with Crippen molar-refractivity contribution in [1.82, 2.24) is 10.6 Å². The number of ether oxygens (including phenoxy) is 2. The fourth-order valence-corrected chi connectivity index (χ4v) is 2.99. The highest BCUT2D eigenvalue weighted by molar-refractivity contribution is 5.95. The van der Waals surface area contributed by atoms with Crippen LogP contribution in [-0.4, -0.2) is 24.7 Å². The maximum atomic E-state index is 12.8. The van der Waals surface area contributed by atoms with Gasteiger partial charge in [0.15, 0.2) is 0 Å². The number of allylic oxidation sites excluding steroid dienone is 1. The Morgan fingerprint density at radius 3 is 2.59 bits per heavy atom. The molecule has 0 spiro atoms. The lowest BCUT2D eigenvalue weighted by Gasteiger charge is -2.30. The molecule has 0 aliphatic carbocycles. The summed E-state index contributed by atoms with van der Waals surface area (Å²) in [6.07, 6.45) is 3.10. The van der Waals surface area contributed by atoms with Crippen LogP contribution < -0.4 is 15.4 Å². The van der Waals surface area contributed by atoms with Crippen molar-refractivity contribution in [2.45, 2.75) is 65.5 Å². The SMILES string of the molecule is CCCCOc1ccccc1C1NC(=O)NC(CCC)=C1C(=O)OC(C)C. The molecule has 1 aliphatic heterocycles. The van der Waals surface area contributed by atoms with Crippen LogP contribution in [0.5, 0.6) is 5.75 Å². The second kappa shape index (κ2) is 10.00. The van der Waals surface area contributed by atoms with E-state index in [0.717, 1.165) is 24.8 Å². The number of carbonyl (C=O) groups is 2. The minimum Gasteiger partial charge on any atom is -0.493 e. The zero-order chi connectivity index (χ0) is 19.8. The van der Waals surface area contributed by atoms with Crippen LogP contribution in [0.2, 0.25) is 0 Å². The summed E-state index contributed by atoms with van der Waals surface area (Å²) in [6, 6.07) is 6.57. The van der Waals surface area contributed by atoms with E-state index >= 15 is 0 Å². The second-order valence-electron chi connectivity index (χ2n) is 6.87. The van der Waals surface area contributed by atoms with Crippen molar-refractivity contribution in [2.75, 3.05) is 6.61 Å². The third kappa shape index (κ3) is 5.49. The Balaban J connectivity index is 2.46. The van der Waals surface area contributed by atoms with E-state index in [1.54, 1.807) is 0 Å². The summed E-state index contributed by atoms with van der Waals surface area (Å²) in [5.74, 6) is 0.248. The molecule has 2 N–H and O–H groups in total. The normalized spacial score (nSPS) is 16.8. The van der Waals surface area contributed by atoms with E-state index in [-0.39, 0.29) is 12.1 Å². The van der Waals surface area contributed by atoms with E-state index in [4.69, 9.17) is 9.47 Å². The lowest BCUT2D eigenvalue weighted by molar-refractivity contribution is -0.143. The lowest BCUT2D eigenvalue weighted by atomic mass is 9.93. The molecule has 0 aromatic heterocycles. The zero-order valence-electron chi connectivity index (χ0n) is 16.6. The number of urea groups is 1. The predicted octanol–water partition coefficient (Wildman–Crippen LogP) is 4.23. The molecular formula is C21H30N2O4. The Hall–Kier alpha value is -2.50. The van der Waals surface area contributed by atoms with Crippen molar-refractivity contribution in [3.05, 3.63) is 41.1 Å². The maximum absolute atomic E-state index is 12.8. The highest BCUT2D eigenvalue weighted by atomic mass is 16.5. The summed E-state index contributed by atoms with van der Waals surface area (Å²) in [6.45, 7) is 8.31. The third-order valence-electron chi connectivity index (χ3n) is 4.20. The van der Waals surface area contributed by atoms with E-state index in [9.17, 15) is 9.59 Å². The Morgan fingerprint density at radius 1 is 1.19 bits per heavy atom. The number of benzene rings is 1. The molecule has 148 valence electrons. The molecule has 1 heterocycles. The van der Waals surface area contributed by atoms with Gasteiger partial charge in [-0.15, -0.1) is 0 Å². The van der Waals surface area contributed by atoms with Gasteiger partial charge in [0.25, 0.3) is 0 Å². The summed E-state index contributed by atoms with van der Waals surface area (Å²) < 4.78 is 11.4. The van der Waals surface area contributed by atoms with E-state index in [2.05, 4.69) is 17.6 Å². The van der Waals surface area contributed by atoms with Crippen LogP contribution in [-0.2, 0) is 9.53 Å². The second-order valence-corrected chi connectivity index (χ2v) is 6.87. The Labute approximate surface area is 161 Å². The van der Waals surface area contributed by atoms with Crippen molar-refractivity contribution < 1.29 is 19.1 Å². The highest BCUT2D eigenvalue weighted by Gasteiger charge is 2.35. The molecule has 0 saturated carbocycles. The van der Waals surface area contributed by atoms with Crippen molar-refractivity contribution in [3.63, 3.8) is 0 Å². The number of amides is 2. The topological polar surface area (TPSA) is 76.7 Å². The van der Waals surface area contributed by atoms with Gasteiger partial charge in [0.1, 0.15) is 5.75 Å². The first-order valence-corrected chi connectivity index (χ1v) is 9.71. The van der Waals surface area contributed by atoms with E-state index in [0.29, 0.717) is 30.0 Å². The molecule has 6 heteroatoms. The highest BCUT2D eigenvalue weighted by Crippen LogP contribution is 2.34. The third-order valence-corrected chi connectivity index (χ3v) is 4.20. The molecule has 0 saturated heterocycles. The number of nitrogens with one attached hydrogen (secondary N) is 2. The van der Waals surface area contributed by atoms with Gasteiger partial charge >= 0.3 is 12.0 Å². The molecule has 2 rings (SSSR count). The van der Waals surface area contributed by atoms with Crippen molar-refractivity contribution in [3.8, 4) is 5.75 Å². The molecule has 0 radical (unpaired) electrons. The van der Waals surface area contributed by atoms with E-state index in [1.807, 2.05) is 45.0 Å². The summed E-state index contributed by atoms with van der Waals surface area (Å²) in [5, 5.41) is 5.65. The summed E-state index contributed by atoms with van der Waals surface area (Å²) in [4.78, 5) is 25.1. The number of carbonyl (C=O) groups excluding carboxylic acids is 2. The van der Waals surface area contributed by atoms with Crippen LogP contribution in [0.15, 0.2) is 35.5 Å². The number of hydrogen-bond acceptors (Lipinski definition) is 4. The molecule has 0 fully saturated rings. The van der Waals surface area contributed by atoms with E-state index in [1.165, 1.54) is 0 Å². The molecule has 6 nitrogen and oxygen atoms in total. The molecule has 1 aromatic carbocycles. The fraction of sp³-hybridized carbons (Fsp3) is 0.524. The fourth-order valence-electron chi connectivity index (χ4n) is 2.99. The molecule has 1 unspecified atom stereocenters. The average molecular weight is 374 g/mol. The number of esters is 1. The van der Waals surface area contributed by atoms with E-state index < -0.39 is 12.0 Å². The maximum Gasteiger partial charge on any atom is 0.338 e. The number of hydrogen-bond donors (Lipinski definition) is 2. The van der Waals surface area contributed by atoms with Crippen LogP contribution in [0, 0.1) is 0 Å². The van der Waals surface area contributed by atoms with Crippen LogP contribution in [0.1, 0.15) is 65.0 Å². The zero-order valence-corrected chi connectivity index (χ0v) is 16.6. The number of para-hydroxylation sites is 1. The molecule has 0 bridgehead atoms. The Kier molecular flexibility index (Phi) is 7.70. The molecule has 1 aliphatic rings. The summed E-state index contributed by atoms with van der Waals surface area (Å²) in [7, 11) is 0. The minimum absolute atomic E-state index is 0.248. The Bertz CT molecular complexity index is 697. The predicted molar refractivity (Wildman–Crippen MR) is 104 cm³/mol. The number of unbranched alkanes of at least 4 members (excludes halogenated alkanes) is 1. The summed E-state index contributed by atoms with van der Waals surface area (Å²) >= 11 is 0. The van der Waals surface area contributed by atoms with Gasteiger partial charge in [0.05, 0.1) is 24.3 Å². The first kappa shape index (κ1) is 20.8. The van der Waals surface area contributed by atoms with Gasteiger partial charge < -0.3 is 20.1 Å². The first-order valence-electron chi connectivity index (χ1n) is 9.71. The van der Waals surface area contributed by atoms with Crippen molar-refractivity contribution in [1.29, 1.82) is 0 Å². The summed E-state index contributed by atoms with van der Waals surface area (Å²) in [5.41, 5.74) is 1.81. The smallest absolute Gasteiger partial charge is 0.338 e. The molecule has 2 amide bonds. The first-order chi connectivity index (χ1) is 13.0. The minimum atomic E-state index is -0.607. The average Bonchev–Trinajstić information content (AvgIpc) is 2.61. The van der Waals surface area contributed by atoms with Crippen LogP contribution in [0.3, 0.4) is 0 Å². The van der Waals surface area contributed by atoms with Gasteiger partial charge in [0.2, 0.25) is 0 Å². The Morgan fingerprint density at radius 2 is 1.93 bits per heavy atom. The van der Waals surface area contributed by atoms with Crippen LogP contribution >= 0.6 is 0 Å². The van der Waals surface area contributed by atoms with Gasteiger partial charge in [0, 0.05) is 11.3 Å². The van der Waals surface area contributed by atoms with Gasteiger partial charge in [-0.1, -0.05) is 44.9 Å². The molecule has 1 aromatic rings. The quantitative estimate of drug-likeness (QED) is 0.501. The molecule has 27 heavy (non-hydrogen) atoms. The van der Waals surface area contributed by atoms with Gasteiger partial charge in [-0.05, 0) is 32.8 Å². The van der Waals surface area contributed by atoms with Gasteiger partial charge in [-0.3, -0.25) is 0 Å². The molecule has 1 atom stereocenters. The largest absolute Gasteiger partial charge is 0.493 e. The standard InChI is InChI=1S/C21H30N2O4/c1-5-7-13-26-17-12-9-8-11-15(17)19-18(20(24)27-14(3)4)16(10-6-2)22-21(25)23-19/h8-9,11-12,14,19H,5-7,10,13H2,1-4H3,(H2,22,23,25). The van der Waals surface area contributed by atoms with Crippen molar-refractivity contribution in [2.24, 2.45) is 0 Å². The van der Waals surface area contributed by atoms with Gasteiger partial charge in [-0.2, -0.15) is 0 Å². The molecular weight excluding hydrogens is 344 g/mol. The number of rotatable bonds is 9. The lowest BCUT2D eigenvalue weighted by Crippen LogP contribution is -2.46. The monoisotopic (exact) mass is 374 g/mol. The van der Waals surface area contributed by atoms with Crippen molar-refractivity contribution >= 4 is 12.0 Å². The van der Waals surface area contributed by atoms with Gasteiger partial charge in [-0.25, -0.2) is 9.59 Å². The van der Waals surface area contributed by atoms with Crippen LogP contribution in [0.25, 0.3) is 0 Å².